The zero-order valence-electron chi connectivity index (χ0n) is 14.8. The lowest BCUT2D eigenvalue weighted by atomic mass is 10.2. The minimum absolute atomic E-state index is 0.0273. The highest BCUT2D eigenvalue weighted by Gasteiger charge is 2.30. The van der Waals surface area contributed by atoms with Gasteiger partial charge < -0.3 is 4.90 Å². The summed E-state index contributed by atoms with van der Waals surface area (Å²) >= 11 is 1.88. The van der Waals surface area contributed by atoms with E-state index in [9.17, 15) is 4.79 Å². The van der Waals surface area contributed by atoms with E-state index in [4.69, 9.17) is 10.1 Å². The van der Waals surface area contributed by atoms with Crippen molar-refractivity contribution in [2.75, 3.05) is 17.2 Å². The number of rotatable bonds is 4. The predicted molar refractivity (Wildman–Crippen MR) is 103 cm³/mol. The first kappa shape index (κ1) is 16.3. The molecule has 0 radical (unpaired) electrons. The molecule has 6 nitrogen and oxygen atoms in total. The van der Waals surface area contributed by atoms with E-state index in [0.29, 0.717) is 12.5 Å². The van der Waals surface area contributed by atoms with Gasteiger partial charge in [-0.25, -0.2) is 14.6 Å². The molecule has 0 amide bonds. The normalized spacial score (nSPS) is 22.5. The molecule has 2 aliphatic heterocycles. The maximum Gasteiger partial charge on any atom is 0.267 e. The SMILES string of the molecule is O=c1cc2c(nn1CC1CCCN1c1ccnc(C3CC3)n1)CCSC2. The zero-order chi connectivity index (χ0) is 17.5. The van der Waals surface area contributed by atoms with Crippen LogP contribution in [0.15, 0.2) is 23.1 Å². The van der Waals surface area contributed by atoms with Gasteiger partial charge in [-0.2, -0.15) is 16.9 Å². The van der Waals surface area contributed by atoms with Crippen LogP contribution in [0.2, 0.25) is 0 Å². The van der Waals surface area contributed by atoms with Crippen LogP contribution in [-0.2, 0) is 18.7 Å². The molecule has 0 spiro atoms. The summed E-state index contributed by atoms with van der Waals surface area (Å²) in [5.41, 5.74) is 2.25. The molecule has 1 aliphatic carbocycles. The average molecular weight is 369 g/mol. The van der Waals surface area contributed by atoms with Gasteiger partial charge in [-0.05, 0) is 43.1 Å². The third-order valence-electron chi connectivity index (χ3n) is 5.56. The highest BCUT2D eigenvalue weighted by Crippen LogP contribution is 2.38. The summed E-state index contributed by atoms with van der Waals surface area (Å²) < 4.78 is 1.68. The molecule has 26 heavy (non-hydrogen) atoms. The highest BCUT2D eigenvalue weighted by molar-refractivity contribution is 7.98. The number of thioether (sulfide) groups is 1. The second-order valence-electron chi connectivity index (χ2n) is 7.48. The molecule has 1 saturated heterocycles. The summed E-state index contributed by atoms with van der Waals surface area (Å²) in [6.45, 7) is 1.63. The second kappa shape index (κ2) is 6.68. The van der Waals surface area contributed by atoms with Gasteiger partial charge in [0.2, 0.25) is 0 Å². The molecule has 5 rings (SSSR count). The Morgan fingerprint density at radius 2 is 2.19 bits per heavy atom. The standard InChI is InChI=1S/C19H23N5OS/c25-18-10-14-12-26-9-6-16(14)22-24(18)11-15-2-1-8-23(15)17-5-7-20-19(21-17)13-3-4-13/h5,7,10,13,15H,1-4,6,8-9,11-12H2. The van der Waals surface area contributed by atoms with Gasteiger partial charge >= 0.3 is 0 Å². The Hall–Kier alpha value is -1.89. The van der Waals surface area contributed by atoms with E-state index < -0.39 is 0 Å². The van der Waals surface area contributed by atoms with Crippen LogP contribution in [0.3, 0.4) is 0 Å². The van der Waals surface area contributed by atoms with Gasteiger partial charge in [-0.15, -0.1) is 0 Å². The Morgan fingerprint density at radius 1 is 1.27 bits per heavy atom. The molecule has 4 heterocycles. The molecule has 0 aromatic carbocycles. The van der Waals surface area contributed by atoms with Crippen LogP contribution >= 0.6 is 11.8 Å². The molecular weight excluding hydrogens is 346 g/mol. The fourth-order valence-electron chi connectivity index (χ4n) is 3.97. The van der Waals surface area contributed by atoms with Crippen molar-refractivity contribution in [2.45, 2.75) is 56.4 Å². The first-order chi connectivity index (χ1) is 12.8. The number of aromatic nitrogens is 4. The van der Waals surface area contributed by atoms with Gasteiger partial charge in [-0.3, -0.25) is 4.79 Å². The molecule has 3 aliphatic rings. The van der Waals surface area contributed by atoms with Crippen molar-refractivity contribution in [3.05, 3.63) is 45.8 Å². The van der Waals surface area contributed by atoms with Gasteiger partial charge in [0.05, 0.1) is 18.3 Å². The Balaban J connectivity index is 1.39. The van der Waals surface area contributed by atoms with Crippen molar-refractivity contribution < 1.29 is 0 Å². The van der Waals surface area contributed by atoms with E-state index in [0.717, 1.165) is 60.2 Å². The molecule has 1 unspecified atom stereocenters. The van der Waals surface area contributed by atoms with E-state index in [1.807, 2.05) is 24.0 Å². The van der Waals surface area contributed by atoms with Gasteiger partial charge in [0, 0.05) is 36.9 Å². The lowest BCUT2D eigenvalue weighted by molar-refractivity contribution is 0.479. The van der Waals surface area contributed by atoms with Crippen molar-refractivity contribution in [2.24, 2.45) is 0 Å². The van der Waals surface area contributed by atoms with Crippen LogP contribution in [0.1, 0.15) is 48.7 Å². The summed E-state index contributed by atoms with van der Waals surface area (Å²) in [5, 5.41) is 4.69. The van der Waals surface area contributed by atoms with Crippen LogP contribution in [0, 0.1) is 0 Å². The second-order valence-corrected chi connectivity index (χ2v) is 8.58. The van der Waals surface area contributed by atoms with E-state index in [2.05, 4.69) is 9.88 Å². The van der Waals surface area contributed by atoms with Crippen LogP contribution < -0.4 is 10.5 Å². The maximum absolute atomic E-state index is 12.5. The molecule has 1 saturated carbocycles. The zero-order valence-corrected chi connectivity index (χ0v) is 15.6. The predicted octanol–water partition coefficient (Wildman–Crippen LogP) is 2.37. The minimum Gasteiger partial charge on any atom is -0.352 e. The fraction of sp³-hybridized carbons (Fsp3) is 0.579. The third kappa shape index (κ3) is 3.13. The number of fused-ring (bicyclic) bond motifs is 1. The van der Waals surface area contributed by atoms with Crippen molar-refractivity contribution in [3.8, 4) is 0 Å². The van der Waals surface area contributed by atoms with Crippen LogP contribution in [-0.4, -0.2) is 38.1 Å². The summed E-state index contributed by atoms with van der Waals surface area (Å²) in [6.07, 6.45) is 7.46. The molecule has 0 N–H and O–H groups in total. The van der Waals surface area contributed by atoms with Crippen molar-refractivity contribution in [1.29, 1.82) is 0 Å². The molecular formula is C19H23N5OS. The lowest BCUT2D eigenvalue weighted by Crippen LogP contribution is -2.38. The van der Waals surface area contributed by atoms with Crippen molar-refractivity contribution in [3.63, 3.8) is 0 Å². The minimum atomic E-state index is 0.0273. The number of hydrogen-bond acceptors (Lipinski definition) is 6. The lowest BCUT2D eigenvalue weighted by Gasteiger charge is -2.26. The highest BCUT2D eigenvalue weighted by atomic mass is 32.2. The first-order valence-corrected chi connectivity index (χ1v) is 10.7. The first-order valence-electron chi connectivity index (χ1n) is 9.55. The van der Waals surface area contributed by atoms with Gasteiger partial charge in [0.15, 0.2) is 0 Å². The molecule has 2 aromatic rings. The molecule has 1 atom stereocenters. The summed E-state index contributed by atoms with van der Waals surface area (Å²) in [4.78, 5) is 24.1. The largest absolute Gasteiger partial charge is 0.352 e. The molecule has 136 valence electrons. The smallest absolute Gasteiger partial charge is 0.267 e. The summed E-state index contributed by atoms with van der Waals surface area (Å²) in [5.74, 6) is 4.55. The Kier molecular flexibility index (Phi) is 4.19. The van der Waals surface area contributed by atoms with Crippen molar-refractivity contribution >= 4 is 17.6 Å². The number of nitrogens with zero attached hydrogens (tertiary/aromatic N) is 5. The Bertz CT molecular complexity index is 878. The molecule has 2 fully saturated rings. The third-order valence-corrected chi connectivity index (χ3v) is 6.57. The van der Waals surface area contributed by atoms with Crippen LogP contribution in [0.4, 0.5) is 5.82 Å². The van der Waals surface area contributed by atoms with E-state index in [1.54, 1.807) is 10.7 Å². The fourth-order valence-corrected chi connectivity index (χ4v) is 4.92. The monoisotopic (exact) mass is 369 g/mol. The Labute approximate surface area is 157 Å². The van der Waals surface area contributed by atoms with Gasteiger partial charge in [-0.1, -0.05) is 0 Å². The Morgan fingerprint density at radius 3 is 3.08 bits per heavy atom. The quantitative estimate of drug-likeness (QED) is 0.824. The number of anilines is 1. The van der Waals surface area contributed by atoms with E-state index in [-0.39, 0.29) is 11.6 Å². The van der Waals surface area contributed by atoms with Crippen LogP contribution in [0.5, 0.6) is 0 Å². The maximum atomic E-state index is 12.5. The summed E-state index contributed by atoms with van der Waals surface area (Å²) in [6, 6.07) is 4.08. The number of hydrogen-bond donors (Lipinski definition) is 0. The van der Waals surface area contributed by atoms with Crippen molar-refractivity contribution in [1.82, 2.24) is 19.7 Å². The van der Waals surface area contributed by atoms with Gasteiger partial charge in [0.25, 0.3) is 5.56 Å². The summed E-state index contributed by atoms with van der Waals surface area (Å²) in [7, 11) is 0. The molecule has 2 aromatic heterocycles. The molecule has 7 heteroatoms. The van der Waals surface area contributed by atoms with Gasteiger partial charge in [0.1, 0.15) is 11.6 Å². The van der Waals surface area contributed by atoms with Crippen LogP contribution in [0.25, 0.3) is 0 Å². The average Bonchev–Trinajstić information content (AvgIpc) is 3.42. The van der Waals surface area contributed by atoms with E-state index in [1.165, 1.54) is 12.8 Å². The molecule has 0 bridgehead atoms. The topological polar surface area (TPSA) is 63.9 Å². The number of aryl methyl sites for hydroxylation is 1. The van der Waals surface area contributed by atoms with E-state index >= 15 is 0 Å².